The van der Waals surface area contributed by atoms with E-state index in [1.165, 1.54) is 19.3 Å². The van der Waals surface area contributed by atoms with Crippen LogP contribution < -0.4 is 5.43 Å². The zero-order valence-corrected chi connectivity index (χ0v) is 15.3. The van der Waals surface area contributed by atoms with E-state index in [2.05, 4.69) is 24.9 Å². The zero-order valence-electron chi connectivity index (χ0n) is 13.7. The quantitative estimate of drug-likeness (QED) is 0.591. The summed E-state index contributed by atoms with van der Waals surface area (Å²) in [4.78, 5) is 12.9. The first-order chi connectivity index (χ1) is 10.7. The number of nitrogens with one attached hydrogen (secondary N) is 1. The molecule has 0 aliphatic carbocycles. The van der Waals surface area contributed by atoms with Crippen LogP contribution in [-0.4, -0.2) is 33.7 Å². The van der Waals surface area contributed by atoms with Crippen LogP contribution in [0.15, 0.2) is 30.3 Å². The summed E-state index contributed by atoms with van der Waals surface area (Å²) in [6, 6.07) is 9.95. The highest BCUT2D eigenvalue weighted by atomic mass is 32.2. The highest BCUT2D eigenvalue weighted by Gasteiger charge is 2.47. The van der Waals surface area contributed by atoms with Gasteiger partial charge in [0.15, 0.2) is 4.20 Å². The van der Waals surface area contributed by atoms with Crippen LogP contribution in [0.25, 0.3) is 0 Å². The fourth-order valence-corrected chi connectivity index (χ4v) is 4.93. The van der Waals surface area contributed by atoms with Crippen LogP contribution in [0.2, 0.25) is 0 Å². The van der Waals surface area contributed by atoms with Gasteiger partial charge in [-0.25, -0.2) is 10.4 Å². The Morgan fingerprint density at radius 1 is 1.27 bits per heavy atom. The second-order valence-corrected chi connectivity index (χ2v) is 8.08. The van der Waals surface area contributed by atoms with Crippen LogP contribution in [0.3, 0.4) is 0 Å². The number of hydrogen-bond donors (Lipinski definition) is 1. The molecule has 3 nitrogen and oxygen atoms in total. The molecule has 1 N–H and O–H groups in total. The Labute approximate surface area is 142 Å². The summed E-state index contributed by atoms with van der Waals surface area (Å²) in [5.74, 6) is 0.0716. The molecule has 2 rings (SSSR count). The second-order valence-electron chi connectivity index (χ2n) is 5.65. The number of carbonyl (C=O) groups is 1. The number of amides is 1. The third-order valence-corrected chi connectivity index (χ3v) is 7.15. The fraction of sp³-hybridized carbons (Fsp3) is 0.588. The Morgan fingerprint density at radius 2 is 1.95 bits per heavy atom. The van der Waals surface area contributed by atoms with E-state index in [1.807, 2.05) is 35.3 Å². The molecule has 5 heteroatoms. The highest BCUT2D eigenvalue weighted by Crippen LogP contribution is 2.45. The molecular weight excluding hydrogens is 312 g/mol. The van der Waals surface area contributed by atoms with Gasteiger partial charge in [-0.1, -0.05) is 44.4 Å². The predicted octanol–water partition coefficient (Wildman–Crippen LogP) is 4.37. The van der Waals surface area contributed by atoms with E-state index in [0.29, 0.717) is 6.04 Å². The van der Waals surface area contributed by atoms with E-state index >= 15 is 0 Å². The van der Waals surface area contributed by atoms with Gasteiger partial charge in [0.05, 0.1) is 0 Å². The van der Waals surface area contributed by atoms with Gasteiger partial charge in [-0.2, -0.15) is 0 Å². The second kappa shape index (κ2) is 8.27. The lowest BCUT2D eigenvalue weighted by atomic mass is 10.1. The first-order valence-electron chi connectivity index (χ1n) is 7.93. The van der Waals surface area contributed by atoms with Gasteiger partial charge < -0.3 is 0 Å². The minimum atomic E-state index is -0.205. The molecule has 1 aliphatic rings. The van der Waals surface area contributed by atoms with Crippen molar-refractivity contribution in [3.63, 3.8) is 0 Å². The van der Waals surface area contributed by atoms with Crippen LogP contribution in [-0.2, 0) is 0 Å². The maximum absolute atomic E-state index is 12.9. The summed E-state index contributed by atoms with van der Waals surface area (Å²) < 4.78 is -0.205. The highest BCUT2D eigenvalue weighted by molar-refractivity contribution is 8.17. The van der Waals surface area contributed by atoms with Crippen molar-refractivity contribution in [1.82, 2.24) is 10.4 Å². The zero-order chi connectivity index (χ0) is 16.0. The van der Waals surface area contributed by atoms with E-state index in [-0.39, 0.29) is 10.1 Å². The van der Waals surface area contributed by atoms with Crippen molar-refractivity contribution < 1.29 is 4.79 Å². The normalized spacial score (nSPS) is 20.3. The summed E-state index contributed by atoms with van der Waals surface area (Å²) in [5, 5.41) is 1.87. The van der Waals surface area contributed by atoms with Crippen LogP contribution in [0.4, 0.5) is 0 Å². The van der Waals surface area contributed by atoms with Crippen LogP contribution in [0.1, 0.15) is 49.4 Å². The predicted molar refractivity (Wildman–Crippen MR) is 98.1 cm³/mol. The van der Waals surface area contributed by atoms with Gasteiger partial charge >= 0.3 is 0 Å². The first-order valence-corrected chi connectivity index (χ1v) is 10.4. The molecule has 0 radical (unpaired) electrons. The van der Waals surface area contributed by atoms with Gasteiger partial charge in [-0.15, -0.1) is 23.5 Å². The monoisotopic (exact) mass is 338 g/mol. The average Bonchev–Trinajstić information content (AvgIpc) is 2.94. The molecule has 0 unspecified atom stereocenters. The van der Waals surface area contributed by atoms with Gasteiger partial charge in [-0.3, -0.25) is 4.79 Å². The Hall–Kier alpha value is -0.650. The number of unbranched alkanes of at least 4 members (excludes halogenated alkanes) is 2. The standard InChI is InChI=1S/C17H26N2OS2/c1-4-5-7-12-15-13-17(21-2,22-3)19(18-15)16(20)14-10-8-6-9-11-14/h6,8-11,15,18H,4-5,7,12-13H2,1-3H3/t15-/m0/s1. The minimum absolute atomic E-state index is 0.0716. The number of thioether (sulfide) groups is 2. The summed E-state index contributed by atoms with van der Waals surface area (Å²) in [6.45, 7) is 2.22. The number of nitrogens with zero attached hydrogens (tertiary/aromatic N) is 1. The molecule has 1 aromatic rings. The van der Waals surface area contributed by atoms with Crippen molar-refractivity contribution >= 4 is 29.4 Å². The Kier molecular flexibility index (Phi) is 6.66. The van der Waals surface area contributed by atoms with Gasteiger partial charge in [0.25, 0.3) is 5.91 Å². The first kappa shape index (κ1) is 17.7. The topological polar surface area (TPSA) is 32.3 Å². The lowest BCUT2D eigenvalue weighted by Crippen LogP contribution is -2.48. The Morgan fingerprint density at radius 3 is 2.55 bits per heavy atom. The molecule has 22 heavy (non-hydrogen) atoms. The summed E-state index contributed by atoms with van der Waals surface area (Å²) in [6.07, 6.45) is 10.0. The van der Waals surface area contributed by atoms with Crippen molar-refractivity contribution in [2.45, 2.75) is 49.3 Å². The van der Waals surface area contributed by atoms with Crippen LogP contribution in [0, 0.1) is 0 Å². The van der Waals surface area contributed by atoms with Crippen molar-refractivity contribution in [3.05, 3.63) is 35.9 Å². The molecular formula is C17H26N2OS2. The maximum Gasteiger partial charge on any atom is 0.270 e. The SMILES string of the molecule is CCCCC[C@H]1CC(SC)(SC)N(C(=O)c2ccccc2)N1. The summed E-state index contributed by atoms with van der Waals surface area (Å²) in [5.41, 5.74) is 4.23. The van der Waals surface area contributed by atoms with Gasteiger partial charge in [0.1, 0.15) is 0 Å². The summed E-state index contributed by atoms with van der Waals surface area (Å²) in [7, 11) is 0. The molecule has 0 spiro atoms. The lowest BCUT2D eigenvalue weighted by molar-refractivity contribution is 0.0674. The van der Waals surface area contributed by atoms with Gasteiger partial charge in [0.2, 0.25) is 0 Å². The van der Waals surface area contributed by atoms with Crippen molar-refractivity contribution in [2.75, 3.05) is 12.5 Å². The third kappa shape index (κ3) is 3.81. The molecule has 1 fully saturated rings. The number of carbonyl (C=O) groups excluding carboxylic acids is 1. The molecule has 0 aromatic heterocycles. The van der Waals surface area contributed by atoms with Crippen molar-refractivity contribution in [1.29, 1.82) is 0 Å². The molecule has 0 bridgehead atoms. The Balaban J connectivity index is 2.14. The molecule has 1 aromatic carbocycles. The molecule has 1 saturated heterocycles. The van der Waals surface area contributed by atoms with E-state index in [1.54, 1.807) is 23.5 Å². The molecule has 0 saturated carbocycles. The number of benzene rings is 1. The van der Waals surface area contributed by atoms with E-state index in [9.17, 15) is 4.79 Å². The smallest absolute Gasteiger partial charge is 0.268 e. The fourth-order valence-electron chi connectivity index (χ4n) is 2.89. The maximum atomic E-state index is 12.9. The van der Waals surface area contributed by atoms with Crippen molar-refractivity contribution in [3.8, 4) is 0 Å². The van der Waals surface area contributed by atoms with E-state index in [0.717, 1.165) is 18.4 Å². The van der Waals surface area contributed by atoms with Crippen molar-refractivity contribution in [2.24, 2.45) is 0 Å². The van der Waals surface area contributed by atoms with Gasteiger partial charge in [0, 0.05) is 18.0 Å². The van der Waals surface area contributed by atoms with E-state index < -0.39 is 0 Å². The van der Waals surface area contributed by atoms with E-state index in [4.69, 9.17) is 0 Å². The molecule has 1 atom stereocenters. The third-order valence-electron chi connectivity index (χ3n) is 4.17. The van der Waals surface area contributed by atoms with Crippen LogP contribution >= 0.6 is 23.5 Å². The molecule has 1 aliphatic heterocycles. The summed E-state index contributed by atoms with van der Waals surface area (Å²) >= 11 is 3.52. The van der Waals surface area contributed by atoms with Crippen LogP contribution in [0.5, 0.6) is 0 Å². The minimum Gasteiger partial charge on any atom is -0.268 e. The number of hydrogen-bond acceptors (Lipinski definition) is 4. The Bertz CT molecular complexity index is 477. The molecule has 122 valence electrons. The lowest BCUT2D eigenvalue weighted by Gasteiger charge is -2.34. The number of hydrazine groups is 1. The molecule has 1 heterocycles. The largest absolute Gasteiger partial charge is 0.270 e. The van der Waals surface area contributed by atoms with Gasteiger partial charge in [-0.05, 0) is 31.1 Å². The molecule has 1 amide bonds. The number of rotatable bonds is 7. The average molecular weight is 339 g/mol.